The number of Topliss-reactive ketones (excluding diaryl/α,β-unsaturated/α-hetero) is 1. The molecule has 5 nitrogen and oxygen atoms in total. The number of rotatable bonds is 10. The van der Waals surface area contributed by atoms with Crippen molar-refractivity contribution in [2.24, 2.45) is 0 Å². The molecule has 3 rings (SSSR count). The van der Waals surface area contributed by atoms with Crippen molar-refractivity contribution in [1.29, 1.82) is 0 Å². The Balaban J connectivity index is 1.33. The summed E-state index contributed by atoms with van der Waals surface area (Å²) in [5, 5.41) is 2.83. The van der Waals surface area contributed by atoms with Crippen LogP contribution in [0.25, 0.3) is 11.1 Å². The fourth-order valence-corrected chi connectivity index (χ4v) is 3.24. The number of nitrogens with one attached hydrogen (secondary N) is 1. The van der Waals surface area contributed by atoms with Gasteiger partial charge in [-0.1, -0.05) is 61.4 Å². The lowest BCUT2D eigenvalue weighted by Gasteiger charge is -2.07. The SMILES string of the molecule is Nc1ccccc1NC(=O)CCCCCCC(=O)c1ccc(-c2ccccc2)cn1. The Morgan fingerprint density at radius 2 is 1.47 bits per heavy atom. The second-order valence-electron chi connectivity index (χ2n) is 7.27. The van der Waals surface area contributed by atoms with Gasteiger partial charge in [-0.05, 0) is 36.6 Å². The molecule has 3 aromatic rings. The summed E-state index contributed by atoms with van der Waals surface area (Å²) >= 11 is 0. The average molecular weight is 402 g/mol. The predicted molar refractivity (Wildman–Crippen MR) is 121 cm³/mol. The third-order valence-electron chi connectivity index (χ3n) is 4.95. The number of unbranched alkanes of at least 4 members (excludes halogenated alkanes) is 3. The molecule has 0 saturated carbocycles. The smallest absolute Gasteiger partial charge is 0.224 e. The molecule has 0 atom stereocenters. The van der Waals surface area contributed by atoms with Crippen LogP contribution in [0.2, 0.25) is 0 Å². The number of para-hydroxylation sites is 2. The van der Waals surface area contributed by atoms with E-state index in [2.05, 4.69) is 10.3 Å². The van der Waals surface area contributed by atoms with Crippen LogP contribution in [0.5, 0.6) is 0 Å². The minimum absolute atomic E-state index is 0.0355. The van der Waals surface area contributed by atoms with Crippen LogP contribution in [0.1, 0.15) is 49.0 Å². The molecule has 3 N–H and O–H groups in total. The number of ketones is 1. The van der Waals surface area contributed by atoms with Gasteiger partial charge in [0.2, 0.25) is 5.91 Å². The van der Waals surface area contributed by atoms with E-state index < -0.39 is 0 Å². The highest BCUT2D eigenvalue weighted by Crippen LogP contribution is 2.19. The van der Waals surface area contributed by atoms with Crippen molar-refractivity contribution in [3.05, 3.63) is 78.6 Å². The van der Waals surface area contributed by atoms with Gasteiger partial charge in [0.15, 0.2) is 5.78 Å². The van der Waals surface area contributed by atoms with E-state index in [1.54, 1.807) is 24.4 Å². The minimum atomic E-state index is -0.0355. The second-order valence-corrected chi connectivity index (χ2v) is 7.27. The molecule has 1 amide bonds. The molecule has 0 unspecified atom stereocenters. The van der Waals surface area contributed by atoms with Crippen molar-refractivity contribution in [3.8, 4) is 11.1 Å². The lowest BCUT2D eigenvalue weighted by molar-refractivity contribution is -0.116. The third kappa shape index (κ3) is 6.27. The number of anilines is 2. The van der Waals surface area contributed by atoms with Crippen LogP contribution in [0.15, 0.2) is 72.9 Å². The van der Waals surface area contributed by atoms with Crippen molar-refractivity contribution < 1.29 is 9.59 Å². The molecule has 0 fully saturated rings. The number of benzene rings is 2. The number of amides is 1. The summed E-state index contributed by atoms with van der Waals surface area (Å²) in [5.41, 5.74) is 9.64. The molecule has 0 aliphatic rings. The molecule has 0 spiro atoms. The van der Waals surface area contributed by atoms with Crippen LogP contribution < -0.4 is 11.1 Å². The Morgan fingerprint density at radius 1 is 0.767 bits per heavy atom. The van der Waals surface area contributed by atoms with E-state index in [0.29, 0.717) is 29.9 Å². The van der Waals surface area contributed by atoms with Gasteiger partial charge >= 0.3 is 0 Å². The van der Waals surface area contributed by atoms with E-state index in [1.807, 2.05) is 48.5 Å². The van der Waals surface area contributed by atoms with Gasteiger partial charge in [-0.15, -0.1) is 0 Å². The molecule has 2 aromatic carbocycles. The minimum Gasteiger partial charge on any atom is -0.397 e. The molecule has 30 heavy (non-hydrogen) atoms. The van der Waals surface area contributed by atoms with E-state index in [9.17, 15) is 9.59 Å². The van der Waals surface area contributed by atoms with Crippen LogP contribution in [0.4, 0.5) is 11.4 Å². The van der Waals surface area contributed by atoms with Crippen molar-refractivity contribution in [2.75, 3.05) is 11.1 Å². The first-order chi connectivity index (χ1) is 14.6. The lowest BCUT2D eigenvalue weighted by atomic mass is 10.0. The van der Waals surface area contributed by atoms with Crippen LogP contribution in [-0.2, 0) is 4.79 Å². The molecule has 0 saturated heterocycles. The maximum atomic E-state index is 12.3. The largest absolute Gasteiger partial charge is 0.397 e. The zero-order chi connectivity index (χ0) is 21.2. The fraction of sp³-hybridized carbons (Fsp3) is 0.240. The summed E-state index contributed by atoms with van der Waals surface area (Å²) < 4.78 is 0. The zero-order valence-electron chi connectivity index (χ0n) is 17.0. The van der Waals surface area contributed by atoms with Gasteiger partial charge in [0.1, 0.15) is 5.69 Å². The predicted octanol–water partition coefficient (Wildman–Crippen LogP) is 5.49. The first-order valence-corrected chi connectivity index (χ1v) is 10.3. The first kappa shape index (κ1) is 21.2. The third-order valence-corrected chi connectivity index (χ3v) is 4.95. The van der Waals surface area contributed by atoms with Gasteiger partial charge in [-0.3, -0.25) is 14.6 Å². The summed E-state index contributed by atoms with van der Waals surface area (Å²) in [4.78, 5) is 28.6. The number of pyridine rings is 1. The number of nitrogen functional groups attached to an aromatic ring is 1. The number of nitrogens with zero attached hydrogens (tertiary/aromatic N) is 1. The molecule has 154 valence electrons. The molecule has 0 radical (unpaired) electrons. The Hall–Kier alpha value is -3.47. The lowest BCUT2D eigenvalue weighted by Crippen LogP contribution is -2.12. The second kappa shape index (κ2) is 10.9. The molecule has 1 heterocycles. The number of carbonyl (C=O) groups excluding carboxylic acids is 2. The summed E-state index contributed by atoms with van der Waals surface area (Å²) in [7, 11) is 0. The van der Waals surface area contributed by atoms with Gasteiger partial charge < -0.3 is 11.1 Å². The van der Waals surface area contributed by atoms with Crippen molar-refractivity contribution in [2.45, 2.75) is 38.5 Å². The quantitative estimate of drug-likeness (QED) is 0.267. The van der Waals surface area contributed by atoms with Gasteiger partial charge in [-0.2, -0.15) is 0 Å². The molecule has 5 heteroatoms. The number of aromatic nitrogens is 1. The highest BCUT2D eigenvalue weighted by atomic mass is 16.1. The van der Waals surface area contributed by atoms with Crippen LogP contribution in [0.3, 0.4) is 0 Å². The number of carbonyl (C=O) groups is 2. The van der Waals surface area contributed by atoms with Gasteiger partial charge in [0.25, 0.3) is 0 Å². The van der Waals surface area contributed by atoms with Crippen molar-refractivity contribution in [1.82, 2.24) is 4.98 Å². The van der Waals surface area contributed by atoms with Crippen molar-refractivity contribution in [3.63, 3.8) is 0 Å². The van der Waals surface area contributed by atoms with E-state index in [1.165, 1.54) is 0 Å². The van der Waals surface area contributed by atoms with Crippen LogP contribution >= 0.6 is 0 Å². The normalized spacial score (nSPS) is 10.5. The maximum absolute atomic E-state index is 12.3. The highest BCUT2D eigenvalue weighted by molar-refractivity contribution is 5.94. The summed E-state index contributed by atoms with van der Waals surface area (Å²) in [6, 6.07) is 20.9. The summed E-state index contributed by atoms with van der Waals surface area (Å²) in [6.45, 7) is 0. The monoisotopic (exact) mass is 401 g/mol. The number of hydrogen-bond donors (Lipinski definition) is 2. The van der Waals surface area contributed by atoms with E-state index in [-0.39, 0.29) is 11.7 Å². The number of nitrogens with two attached hydrogens (primary N) is 1. The molecular formula is C25H27N3O2. The molecule has 0 aliphatic carbocycles. The molecular weight excluding hydrogens is 374 g/mol. The maximum Gasteiger partial charge on any atom is 0.224 e. The summed E-state index contributed by atoms with van der Waals surface area (Å²) in [6.07, 6.45) is 6.08. The Morgan fingerprint density at radius 3 is 2.17 bits per heavy atom. The number of hydrogen-bond acceptors (Lipinski definition) is 4. The fourth-order valence-electron chi connectivity index (χ4n) is 3.24. The first-order valence-electron chi connectivity index (χ1n) is 10.3. The van der Waals surface area contributed by atoms with Gasteiger partial charge in [0.05, 0.1) is 11.4 Å². The Kier molecular flexibility index (Phi) is 7.72. The Bertz CT molecular complexity index is 969. The standard InChI is InChI=1S/C25H27N3O2/c26-21-12-8-9-13-22(21)28-25(30)15-7-2-1-6-14-24(29)23-17-16-20(18-27-23)19-10-4-3-5-11-19/h3-5,8-13,16-18H,1-2,6-7,14-15,26H2,(H,28,30). The molecule has 1 aromatic heterocycles. The Labute approximate surface area is 177 Å². The van der Waals surface area contributed by atoms with E-state index in [0.717, 1.165) is 36.8 Å². The van der Waals surface area contributed by atoms with Gasteiger partial charge in [0, 0.05) is 24.6 Å². The highest BCUT2D eigenvalue weighted by Gasteiger charge is 2.08. The van der Waals surface area contributed by atoms with E-state index >= 15 is 0 Å². The topological polar surface area (TPSA) is 85.1 Å². The van der Waals surface area contributed by atoms with Crippen LogP contribution in [-0.4, -0.2) is 16.7 Å². The molecule has 0 bridgehead atoms. The summed E-state index contributed by atoms with van der Waals surface area (Å²) in [5.74, 6) is 0.0265. The van der Waals surface area contributed by atoms with Gasteiger partial charge in [-0.25, -0.2) is 0 Å². The van der Waals surface area contributed by atoms with E-state index in [4.69, 9.17) is 5.73 Å². The average Bonchev–Trinajstić information content (AvgIpc) is 2.78. The van der Waals surface area contributed by atoms with Crippen molar-refractivity contribution >= 4 is 23.1 Å². The molecule has 0 aliphatic heterocycles. The van der Waals surface area contributed by atoms with Crippen LogP contribution in [0, 0.1) is 0 Å². The zero-order valence-corrected chi connectivity index (χ0v) is 17.0.